The number of ether oxygens (including phenoxy) is 1. The summed E-state index contributed by atoms with van der Waals surface area (Å²) in [5.74, 6) is 0.421. The Morgan fingerprint density at radius 3 is 2.39 bits per heavy atom. The Morgan fingerprint density at radius 2 is 1.83 bits per heavy atom. The Bertz CT molecular complexity index is 342. The molecule has 1 aliphatic carbocycles. The van der Waals surface area contributed by atoms with Gasteiger partial charge in [0, 0.05) is 31.2 Å². The predicted octanol–water partition coefficient (Wildman–Crippen LogP) is 2.59. The van der Waals surface area contributed by atoms with Crippen molar-refractivity contribution >= 4 is 5.91 Å². The molecule has 1 atom stereocenters. The molecular formula is C15H25NO2. The van der Waals surface area contributed by atoms with Gasteiger partial charge in [0.15, 0.2) is 0 Å². The van der Waals surface area contributed by atoms with E-state index in [0.29, 0.717) is 17.4 Å². The maximum absolute atomic E-state index is 12.7. The summed E-state index contributed by atoms with van der Waals surface area (Å²) in [7, 11) is 0. The lowest BCUT2D eigenvalue weighted by Gasteiger charge is -2.44. The molecule has 1 amide bonds. The van der Waals surface area contributed by atoms with E-state index in [-0.39, 0.29) is 5.41 Å². The molecule has 0 radical (unpaired) electrons. The number of hydrogen-bond donors (Lipinski definition) is 0. The number of amides is 1. The third-order valence-electron chi connectivity index (χ3n) is 5.93. The van der Waals surface area contributed by atoms with E-state index in [9.17, 15) is 4.79 Å². The van der Waals surface area contributed by atoms with Crippen LogP contribution in [-0.4, -0.2) is 36.6 Å². The lowest BCUT2D eigenvalue weighted by molar-refractivity contribution is -0.148. The van der Waals surface area contributed by atoms with Gasteiger partial charge in [0.05, 0.1) is 0 Å². The Morgan fingerprint density at radius 1 is 1.17 bits per heavy atom. The zero-order chi connectivity index (χ0) is 12.8. The summed E-state index contributed by atoms with van der Waals surface area (Å²) in [5, 5.41) is 0. The van der Waals surface area contributed by atoms with Crippen molar-refractivity contribution in [3.63, 3.8) is 0 Å². The molecule has 2 saturated heterocycles. The van der Waals surface area contributed by atoms with E-state index >= 15 is 0 Å². The predicted molar refractivity (Wildman–Crippen MR) is 70.2 cm³/mol. The Hall–Kier alpha value is -0.570. The van der Waals surface area contributed by atoms with Crippen LogP contribution in [0.15, 0.2) is 0 Å². The van der Waals surface area contributed by atoms with E-state index in [1.54, 1.807) is 0 Å². The first kappa shape index (κ1) is 12.5. The minimum Gasteiger partial charge on any atom is -0.381 e. The van der Waals surface area contributed by atoms with Gasteiger partial charge in [-0.2, -0.15) is 0 Å². The van der Waals surface area contributed by atoms with E-state index in [1.807, 2.05) is 0 Å². The lowest BCUT2D eigenvalue weighted by atomic mass is 9.69. The molecule has 0 N–H and O–H groups in total. The van der Waals surface area contributed by atoms with Crippen LogP contribution in [-0.2, 0) is 9.53 Å². The summed E-state index contributed by atoms with van der Waals surface area (Å²) in [5.41, 5.74) is 0.318. The lowest BCUT2D eigenvalue weighted by Crippen LogP contribution is -2.50. The van der Waals surface area contributed by atoms with E-state index in [2.05, 4.69) is 18.7 Å². The molecule has 0 aromatic heterocycles. The van der Waals surface area contributed by atoms with Gasteiger partial charge in [-0.15, -0.1) is 0 Å². The monoisotopic (exact) mass is 251 g/mol. The molecule has 3 heteroatoms. The third-order valence-corrected chi connectivity index (χ3v) is 5.93. The van der Waals surface area contributed by atoms with Crippen molar-refractivity contribution in [1.82, 2.24) is 4.90 Å². The van der Waals surface area contributed by atoms with Crippen LogP contribution in [0, 0.1) is 10.8 Å². The van der Waals surface area contributed by atoms with Crippen molar-refractivity contribution in [2.24, 2.45) is 10.8 Å². The fourth-order valence-electron chi connectivity index (χ4n) is 4.07. The van der Waals surface area contributed by atoms with Gasteiger partial charge in [-0.3, -0.25) is 4.79 Å². The molecule has 102 valence electrons. The van der Waals surface area contributed by atoms with Crippen molar-refractivity contribution in [3.8, 4) is 0 Å². The van der Waals surface area contributed by atoms with Gasteiger partial charge in [-0.05, 0) is 44.4 Å². The average Bonchev–Trinajstić information content (AvgIpc) is 2.65. The van der Waals surface area contributed by atoms with Crippen LogP contribution in [0.1, 0.15) is 52.4 Å². The second kappa shape index (κ2) is 4.22. The number of likely N-dealkylation sites (tertiary alicyclic amines) is 1. The fourth-order valence-corrected chi connectivity index (χ4v) is 4.07. The maximum atomic E-state index is 12.7. The van der Waals surface area contributed by atoms with Crippen LogP contribution < -0.4 is 0 Å². The van der Waals surface area contributed by atoms with Gasteiger partial charge >= 0.3 is 0 Å². The SMILES string of the molecule is CC1N(C(=O)C2(C)CCC2)CCC12CCOCC2. The number of rotatable bonds is 1. The first-order chi connectivity index (χ1) is 8.57. The second-order valence-electron chi connectivity index (χ2n) is 6.81. The summed E-state index contributed by atoms with van der Waals surface area (Å²) in [4.78, 5) is 14.9. The minimum absolute atomic E-state index is 0.0367. The first-order valence-corrected chi connectivity index (χ1v) is 7.46. The van der Waals surface area contributed by atoms with Gasteiger partial charge in [0.2, 0.25) is 5.91 Å². The molecule has 2 aliphatic heterocycles. The highest BCUT2D eigenvalue weighted by Gasteiger charge is 2.51. The molecule has 0 aromatic rings. The van der Waals surface area contributed by atoms with Crippen LogP contribution in [0.4, 0.5) is 0 Å². The largest absolute Gasteiger partial charge is 0.381 e. The summed E-state index contributed by atoms with van der Waals surface area (Å²) in [6.07, 6.45) is 6.85. The normalized spacial score (nSPS) is 33.4. The van der Waals surface area contributed by atoms with Gasteiger partial charge in [0.1, 0.15) is 0 Å². The molecule has 2 heterocycles. The molecule has 3 aliphatic rings. The highest BCUT2D eigenvalue weighted by atomic mass is 16.5. The number of hydrogen-bond acceptors (Lipinski definition) is 2. The van der Waals surface area contributed by atoms with Crippen LogP contribution in [0.25, 0.3) is 0 Å². The number of carbonyl (C=O) groups excluding carboxylic acids is 1. The van der Waals surface area contributed by atoms with Crippen LogP contribution >= 0.6 is 0 Å². The summed E-state index contributed by atoms with van der Waals surface area (Å²) < 4.78 is 5.50. The van der Waals surface area contributed by atoms with Gasteiger partial charge in [0.25, 0.3) is 0 Å². The maximum Gasteiger partial charge on any atom is 0.228 e. The van der Waals surface area contributed by atoms with E-state index in [1.165, 1.54) is 12.8 Å². The molecule has 18 heavy (non-hydrogen) atoms. The third kappa shape index (κ3) is 1.70. The Labute approximate surface area is 110 Å². The molecule has 3 rings (SSSR count). The zero-order valence-corrected chi connectivity index (χ0v) is 11.7. The van der Waals surface area contributed by atoms with Crippen LogP contribution in [0.5, 0.6) is 0 Å². The fraction of sp³-hybridized carbons (Fsp3) is 0.933. The molecule has 1 unspecified atom stereocenters. The summed E-state index contributed by atoms with van der Waals surface area (Å²) in [6, 6.07) is 0.409. The highest BCUT2D eigenvalue weighted by Crippen LogP contribution is 2.49. The Kier molecular flexibility index (Phi) is 2.92. The zero-order valence-electron chi connectivity index (χ0n) is 11.7. The van der Waals surface area contributed by atoms with Crippen LogP contribution in [0.2, 0.25) is 0 Å². The van der Waals surface area contributed by atoms with Gasteiger partial charge < -0.3 is 9.64 Å². The summed E-state index contributed by atoms with van der Waals surface area (Å²) >= 11 is 0. The molecule has 3 fully saturated rings. The van der Waals surface area contributed by atoms with Crippen molar-refractivity contribution in [1.29, 1.82) is 0 Å². The van der Waals surface area contributed by atoms with Gasteiger partial charge in [-0.1, -0.05) is 13.3 Å². The topological polar surface area (TPSA) is 29.5 Å². The first-order valence-electron chi connectivity index (χ1n) is 7.46. The molecule has 0 bridgehead atoms. The molecule has 0 aromatic carbocycles. The quantitative estimate of drug-likeness (QED) is 0.717. The molecule has 3 nitrogen and oxygen atoms in total. The van der Waals surface area contributed by atoms with Gasteiger partial charge in [-0.25, -0.2) is 0 Å². The van der Waals surface area contributed by atoms with Crippen molar-refractivity contribution in [2.45, 2.75) is 58.4 Å². The van der Waals surface area contributed by atoms with Crippen molar-refractivity contribution in [2.75, 3.05) is 19.8 Å². The molecule has 1 spiro atoms. The van der Waals surface area contributed by atoms with E-state index in [4.69, 9.17) is 4.74 Å². The standard InChI is InChI=1S/C15H25NO2/c1-12-15(7-10-18-11-8-15)6-9-16(12)13(17)14(2)4-3-5-14/h12H,3-11H2,1-2H3. The second-order valence-corrected chi connectivity index (χ2v) is 6.81. The molecule has 1 saturated carbocycles. The summed E-state index contributed by atoms with van der Waals surface area (Å²) in [6.45, 7) is 7.14. The van der Waals surface area contributed by atoms with Crippen LogP contribution in [0.3, 0.4) is 0 Å². The number of nitrogens with zero attached hydrogens (tertiary/aromatic N) is 1. The van der Waals surface area contributed by atoms with Crippen molar-refractivity contribution < 1.29 is 9.53 Å². The highest BCUT2D eigenvalue weighted by molar-refractivity contribution is 5.83. The smallest absolute Gasteiger partial charge is 0.228 e. The number of carbonyl (C=O) groups is 1. The van der Waals surface area contributed by atoms with Crippen molar-refractivity contribution in [3.05, 3.63) is 0 Å². The minimum atomic E-state index is -0.0367. The Balaban J connectivity index is 1.73. The van der Waals surface area contributed by atoms with E-state index in [0.717, 1.165) is 45.4 Å². The van der Waals surface area contributed by atoms with E-state index < -0.39 is 0 Å². The molecular weight excluding hydrogens is 226 g/mol. The average molecular weight is 251 g/mol.